The molecule has 1 aliphatic heterocycles. The lowest BCUT2D eigenvalue weighted by molar-refractivity contribution is -0.136. The summed E-state index contributed by atoms with van der Waals surface area (Å²) in [4.78, 5) is 22.2. The third-order valence-electron chi connectivity index (χ3n) is 2.87. The Labute approximate surface area is 99.8 Å². The highest BCUT2D eigenvalue weighted by molar-refractivity contribution is 7.90. The summed E-state index contributed by atoms with van der Waals surface area (Å²) in [7, 11) is -2.55. The number of likely N-dealkylation sites (N-methyl/N-ethyl adjacent to an activating group) is 1. The molecule has 1 aliphatic rings. The highest BCUT2D eigenvalue weighted by Crippen LogP contribution is 2.23. The van der Waals surface area contributed by atoms with Gasteiger partial charge in [-0.15, -0.1) is 0 Å². The van der Waals surface area contributed by atoms with Crippen molar-refractivity contribution in [3.05, 3.63) is 0 Å². The summed E-state index contributed by atoms with van der Waals surface area (Å²) in [5, 5.41) is 9.60. The summed E-state index contributed by atoms with van der Waals surface area (Å²) in [6.45, 7) is 1.30. The van der Waals surface area contributed by atoms with Crippen molar-refractivity contribution in [2.45, 2.75) is 31.1 Å². The van der Waals surface area contributed by atoms with Gasteiger partial charge in [-0.2, -0.15) is 4.31 Å². The van der Waals surface area contributed by atoms with Crippen LogP contribution in [0.2, 0.25) is 0 Å². The van der Waals surface area contributed by atoms with E-state index in [0.29, 0.717) is 12.8 Å². The fourth-order valence-electron chi connectivity index (χ4n) is 1.80. The number of carboxylic acid groups (broad SMARTS) is 1. The molecule has 1 fully saturated rings. The van der Waals surface area contributed by atoms with Crippen LogP contribution in [0.15, 0.2) is 0 Å². The van der Waals surface area contributed by atoms with E-state index in [0.717, 1.165) is 11.2 Å². The maximum Gasteiger partial charge on any atom is 0.323 e. The molecule has 0 radical (unpaired) electrons. The van der Waals surface area contributed by atoms with Crippen LogP contribution in [0.3, 0.4) is 0 Å². The third kappa shape index (κ3) is 2.58. The molecular formula is C9H16N2O5S. The van der Waals surface area contributed by atoms with Crippen molar-refractivity contribution in [1.82, 2.24) is 9.62 Å². The van der Waals surface area contributed by atoms with Gasteiger partial charge in [-0.3, -0.25) is 9.59 Å². The van der Waals surface area contributed by atoms with Crippen LogP contribution in [0.25, 0.3) is 0 Å². The summed E-state index contributed by atoms with van der Waals surface area (Å²) in [5.74, 6) is -1.81. The summed E-state index contributed by atoms with van der Waals surface area (Å²) in [6, 6.07) is -0.785. The van der Waals surface area contributed by atoms with E-state index in [9.17, 15) is 18.0 Å². The highest BCUT2D eigenvalue weighted by Gasteiger charge is 2.42. The average Bonchev–Trinajstić information content (AvgIpc) is 2.76. The van der Waals surface area contributed by atoms with Gasteiger partial charge in [-0.1, -0.05) is 0 Å². The third-order valence-corrected chi connectivity index (χ3v) is 5.06. The van der Waals surface area contributed by atoms with E-state index in [1.165, 1.54) is 7.05 Å². The standard InChI is InChI=1S/C9H16N2O5S/c1-6(9(13)14)17(15,16)11-5-3-4-7(11)8(12)10-2/h6-7H,3-5H2,1-2H3,(H,10,12)(H,13,14). The van der Waals surface area contributed by atoms with Gasteiger partial charge in [0.2, 0.25) is 15.9 Å². The van der Waals surface area contributed by atoms with Crippen molar-refractivity contribution < 1.29 is 23.1 Å². The Morgan fingerprint density at radius 3 is 2.53 bits per heavy atom. The SMILES string of the molecule is CNC(=O)C1CCCN1S(=O)(=O)C(C)C(=O)O. The second-order valence-electron chi connectivity index (χ2n) is 3.91. The number of carbonyl (C=O) groups excluding carboxylic acids is 1. The zero-order valence-corrected chi connectivity index (χ0v) is 10.5. The molecule has 0 aromatic heterocycles. The number of rotatable bonds is 4. The van der Waals surface area contributed by atoms with Gasteiger partial charge in [0.05, 0.1) is 0 Å². The molecule has 17 heavy (non-hydrogen) atoms. The molecule has 0 aliphatic carbocycles. The lowest BCUT2D eigenvalue weighted by Gasteiger charge is -2.24. The Bertz CT molecular complexity index is 419. The fraction of sp³-hybridized carbons (Fsp3) is 0.778. The zero-order chi connectivity index (χ0) is 13.2. The number of hydrogen-bond donors (Lipinski definition) is 2. The number of nitrogens with zero attached hydrogens (tertiary/aromatic N) is 1. The maximum absolute atomic E-state index is 12.0. The lowest BCUT2D eigenvalue weighted by Crippen LogP contribution is -2.49. The number of carbonyl (C=O) groups is 2. The van der Waals surface area contributed by atoms with Crippen molar-refractivity contribution in [3.8, 4) is 0 Å². The minimum atomic E-state index is -3.97. The highest BCUT2D eigenvalue weighted by atomic mass is 32.2. The largest absolute Gasteiger partial charge is 0.480 e. The molecule has 1 amide bonds. The maximum atomic E-state index is 12.0. The van der Waals surface area contributed by atoms with Crippen LogP contribution in [-0.2, 0) is 19.6 Å². The second-order valence-corrected chi connectivity index (χ2v) is 6.11. The Morgan fingerprint density at radius 2 is 2.06 bits per heavy atom. The number of carboxylic acids is 1. The van der Waals surface area contributed by atoms with Crippen molar-refractivity contribution in [1.29, 1.82) is 0 Å². The van der Waals surface area contributed by atoms with E-state index < -0.39 is 33.2 Å². The fourth-order valence-corrected chi connectivity index (χ4v) is 3.40. The first-order valence-electron chi connectivity index (χ1n) is 5.27. The van der Waals surface area contributed by atoms with E-state index >= 15 is 0 Å². The summed E-state index contributed by atoms with van der Waals surface area (Å²) >= 11 is 0. The number of sulfonamides is 1. The minimum absolute atomic E-state index is 0.193. The molecule has 98 valence electrons. The van der Waals surface area contributed by atoms with Gasteiger partial charge in [-0.25, -0.2) is 8.42 Å². The Hall–Kier alpha value is -1.15. The van der Waals surface area contributed by atoms with Crippen molar-refractivity contribution >= 4 is 21.9 Å². The smallest absolute Gasteiger partial charge is 0.323 e. The monoisotopic (exact) mass is 264 g/mol. The first-order chi connectivity index (χ1) is 7.82. The predicted octanol–water partition coefficient (Wildman–Crippen LogP) is -1.00. The molecule has 1 saturated heterocycles. The van der Waals surface area contributed by atoms with Crippen LogP contribution in [0, 0.1) is 0 Å². The molecular weight excluding hydrogens is 248 g/mol. The molecule has 0 spiro atoms. The molecule has 7 nitrogen and oxygen atoms in total. The van der Waals surface area contributed by atoms with Crippen LogP contribution < -0.4 is 5.32 Å². The minimum Gasteiger partial charge on any atom is -0.480 e. The topological polar surface area (TPSA) is 104 Å². The quantitative estimate of drug-likeness (QED) is 0.677. The van der Waals surface area contributed by atoms with Gasteiger partial charge in [0.1, 0.15) is 6.04 Å². The van der Waals surface area contributed by atoms with Crippen molar-refractivity contribution in [2.24, 2.45) is 0 Å². The molecule has 1 heterocycles. The van der Waals surface area contributed by atoms with Crippen molar-refractivity contribution in [3.63, 3.8) is 0 Å². The molecule has 1 rings (SSSR count). The number of hydrogen-bond acceptors (Lipinski definition) is 4. The normalized spacial score (nSPS) is 23.3. The summed E-state index contributed by atoms with van der Waals surface area (Å²) < 4.78 is 24.9. The molecule has 0 bridgehead atoms. The number of aliphatic carboxylic acids is 1. The molecule has 0 saturated carbocycles. The van der Waals surface area contributed by atoms with E-state index in [1.54, 1.807) is 0 Å². The van der Waals surface area contributed by atoms with Crippen LogP contribution in [0.5, 0.6) is 0 Å². The van der Waals surface area contributed by atoms with Gasteiger partial charge in [-0.05, 0) is 19.8 Å². The summed E-state index contributed by atoms with van der Waals surface area (Å²) in [5.41, 5.74) is 0. The van der Waals surface area contributed by atoms with Gasteiger partial charge in [0.25, 0.3) is 0 Å². The van der Waals surface area contributed by atoms with Gasteiger partial charge >= 0.3 is 5.97 Å². The van der Waals surface area contributed by atoms with E-state index in [2.05, 4.69) is 5.32 Å². The summed E-state index contributed by atoms with van der Waals surface area (Å²) in [6.07, 6.45) is 0.981. The van der Waals surface area contributed by atoms with Crippen molar-refractivity contribution in [2.75, 3.05) is 13.6 Å². The van der Waals surface area contributed by atoms with E-state index in [-0.39, 0.29) is 6.54 Å². The van der Waals surface area contributed by atoms with E-state index in [1.807, 2.05) is 0 Å². The average molecular weight is 264 g/mol. The Kier molecular flexibility index (Phi) is 4.10. The van der Waals surface area contributed by atoms with Crippen LogP contribution in [0.1, 0.15) is 19.8 Å². The Morgan fingerprint density at radius 1 is 1.47 bits per heavy atom. The molecule has 0 aromatic rings. The molecule has 0 aromatic carbocycles. The number of nitrogens with one attached hydrogen (secondary N) is 1. The lowest BCUT2D eigenvalue weighted by atomic mass is 10.2. The molecule has 8 heteroatoms. The van der Waals surface area contributed by atoms with E-state index in [4.69, 9.17) is 5.11 Å². The van der Waals surface area contributed by atoms with Gasteiger partial charge < -0.3 is 10.4 Å². The first kappa shape index (κ1) is 13.9. The predicted molar refractivity (Wildman–Crippen MR) is 59.8 cm³/mol. The second kappa shape index (κ2) is 5.01. The van der Waals surface area contributed by atoms with Crippen LogP contribution in [0.4, 0.5) is 0 Å². The van der Waals surface area contributed by atoms with Crippen LogP contribution in [-0.4, -0.2) is 54.6 Å². The van der Waals surface area contributed by atoms with Gasteiger partial charge in [0.15, 0.2) is 5.25 Å². The first-order valence-corrected chi connectivity index (χ1v) is 6.77. The van der Waals surface area contributed by atoms with Crippen LogP contribution >= 0.6 is 0 Å². The number of amides is 1. The zero-order valence-electron chi connectivity index (χ0n) is 9.71. The molecule has 2 atom stereocenters. The Balaban J connectivity index is 2.99. The van der Waals surface area contributed by atoms with Gasteiger partial charge in [0, 0.05) is 13.6 Å². The molecule has 2 N–H and O–H groups in total. The molecule has 2 unspecified atom stereocenters.